The lowest BCUT2D eigenvalue weighted by atomic mass is 10.1. The van der Waals surface area contributed by atoms with Crippen molar-refractivity contribution in [3.05, 3.63) is 29.1 Å². The molecule has 0 unspecified atom stereocenters. The van der Waals surface area contributed by atoms with Crippen LogP contribution in [0.15, 0.2) is 12.1 Å². The Morgan fingerprint density at radius 3 is 2.62 bits per heavy atom. The fraction of sp³-hybridized carbons (Fsp3) is 0.429. The van der Waals surface area contributed by atoms with Gasteiger partial charge in [0.2, 0.25) is 0 Å². The average molecular weight is 313 g/mol. The van der Waals surface area contributed by atoms with Gasteiger partial charge in [0.1, 0.15) is 11.6 Å². The largest absolute Gasteiger partial charge is 0.493 e. The number of hydrogen-bond donors (Lipinski definition) is 2. The quantitative estimate of drug-likeness (QED) is 0.790. The molecule has 114 valence electrons. The third kappa shape index (κ3) is 3.66. The van der Waals surface area contributed by atoms with Crippen LogP contribution in [0.3, 0.4) is 0 Å². The van der Waals surface area contributed by atoms with Crippen LogP contribution < -0.4 is 9.46 Å². The van der Waals surface area contributed by atoms with Gasteiger partial charge in [-0.05, 0) is 50.8 Å². The van der Waals surface area contributed by atoms with Crippen molar-refractivity contribution >= 4 is 23.8 Å². The predicted molar refractivity (Wildman–Crippen MR) is 77.2 cm³/mol. The maximum absolute atomic E-state index is 13.7. The number of halogens is 1. The number of carboxylic acids is 1. The van der Waals surface area contributed by atoms with Gasteiger partial charge in [0, 0.05) is 4.75 Å². The number of aromatic carboxylic acids is 1. The average Bonchev–Trinajstić information content (AvgIpc) is 3.16. The topological polar surface area (TPSA) is 75.6 Å². The molecule has 0 saturated heterocycles. The Kier molecular flexibility index (Phi) is 4.41. The van der Waals surface area contributed by atoms with E-state index < -0.39 is 23.3 Å². The smallest absolute Gasteiger partial charge is 0.338 e. The van der Waals surface area contributed by atoms with E-state index in [0.29, 0.717) is 0 Å². The van der Waals surface area contributed by atoms with Gasteiger partial charge in [0.15, 0.2) is 0 Å². The van der Waals surface area contributed by atoms with Gasteiger partial charge in [-0.3, -0.25) is 9.52 Å². The lowest BCUT2D eigenvalue weighted by molar-refractivity contribution is 0.0690. The molecule has 1 aromatic rings. The Balaban J connectivity index is 2.25. The van der Waals surface area contributed by atoms with Crippen molar-refractivity contribution in [2.45, 2.75) is 31.4 Å². The van der Waals surface area contributed by atoms with E-state index >= 15 is 0 Å². The summed E-state index contributed by atoms with van der Waals surface area (Å²) in [4.78, 5) is 23.0. The summed E-state index contributed by atoms with van der Waals surface area (Å²) in [6, 6.07) is 1.94. The second-order valence-corrected chi connectivity index (χ2v) is 6.44. The second-order valence-electron chi connectivity index (χ2n) is 5.05. The van der Waals surface area contributed by atoms with Crippen LogP contribution in [-0.4, -0.2) is 28.3 Å². The van der Waals surface area contributed by atoms with Gasteiger partial charge in [0.05, 0.1) is 17.7 Å². The van der Waals surface area contributed by atoms with E-state index in [1.165, 1.54) is 11.9 Å². The molecule has 1 aliphatic carbocycles. The molecule has 0 aromatic heterocycles. The van der Waals surface area contributed by atoms with Crippen LogP contribution in [0.4, 0.5) is 4.39 Å². The summed E-state index contributed by atoms with van der Waals surface area (Å²) in [7, 11) is 0. The Bertz CT molecular complexity index is 587. The molecule has 0 aliphatic heterocycles. The van der Waals surface area contributed by atoms with Crippen LogP contribution in [-0.2, 0) is 0 Å². The molecule has 5 nitrogen and oxygen atoms in total. The maximum atomic E-state index is 13.7. The lowest BCUT2D eigenvalue weighted by Crippen LogP contribution is -2.21. The zero-order valence-electron chi connectivity index (χ0n) is 11.7. The molecule has 0 bridgehead atoms. The molecular weight excluding hydrogens is 297 g/mol. The van der Waals surface area contributed by atoms with Crippen LogP contribution in [0.25, 0.3) is 0 Å². The molecule has 1 aromatic carbocycles. The highest BCUT2D eigenvalue weighted by Crippen LogP contribution is 2.46. The minimum absolute atomic E-state index is 0.00361. The highest BCUT2D eigenvalue weighted by molar-refractivity contribution is 7.99. The Hall–Kier alpha value is -1.76. The number of ether oxygens (including phenoxy) is 1. The van der Waals surface area contributed by atoms with Gasteiger partial charge in [-0.15, -0.1) is 0 Å². The molecule has 1 saturated carbocycles. The van der Waals surface area contributed by atoms with Crippen molar-refractivity contribution in [3.8, 4) is 5.75 Å². The summed E-state index contributed by atoms with van der Waals surface area (Å²) in [6.07, 6.45) is 2.03. The molecule has 0 heterocycles. The number of carboxylic acid groups (broad SMARTS) is 1. The first-order valence-corrected chi connectivity index (χ1v) is 7.36. The van der Waals surface area contributed by atoms with Gasteiger partial charge >= 0.3 is 5.97 Å². The van der Waals surface area contributed by atoms with Crippen molar-refractivity contribution in [1.82, 2.24) is 4.72 Å². The molecule has 0 atom stereocenters. The highest BCUT2D eigenvalue weighted by atomic mass is 32.2. The standard InChI is InChI=1S/C14H16FNO4S/c1-3-20-11-7-8(13(18)19)10(15)6-9(11)12(17)16-21-14(2)4-5-14/h6-7H,3-5H2,1-2H3,(H,16,17)(H,18,19). The molecule has 1 fully saturated rings. The van der Waals surface area contributed by atoms with Gasteiger partial charge in [0.25, 0.3) is 5.91 Å². The molecule has 1 amide bonds. The van der Waals surface area contributed by atoms with Crippen LogP contribution in [0, 0.1) is 5.82 Å². The van der Waals surface area contributed by atoms with Gasteiger partial charge in [-0.2, -0.15) is 0 Å². The van der Waals surface area contributed by atoms with E-state index in [1.807, 2.05) is 6.92 Å². The van der Waals surface area contributed by atoms with Crippen LogP contribution in [0.1, 0.15) is 47.4 Å². The zero-order valence-corrected chi connectivity index (χ0v) is 12.6. The number of carbonyl (C=O) groups is 2. The van der Waals surface area contributed by atoms with Crippen molar-refractivity contribution in [3.63, 3.8) is 0 Å². The highest BCUT2D eigenvalue weighted by Gasteiger charge is 2.39. The Morgan fingerprint density at radius 2 is 2.10 bits per heavy atom. The maximum Gasteiger partial charge on any atom is 0.338 e. The molecular formula is C14H16FNO4S. The second kappa shape index (κ2) is 5.93. The normalized spacial score (nSPS) is 15.4. The number of hydrogen-bond acceptors (Lipinski definition) is 4. The molecule has 2 N–H and O–H groups in total. The molecule has 0 radical (unpaired) electrons. The Morgan fingerprint density at radius 1 is 1.43 bits per heavy atom. The number of benzene rings is 1. The van der Waals surface area contributed by atoms with Gasteiger partial charge < -0.3 is 9.84 Å². The first-order valence-electron chi connectivity index (χ1n) is 6.54. The summed E-state index contributed by atoms with van der Waals surface area (Å²) in [5.41, 5.74) is -0.520. The van der Waals surface area contributed by atoms with Gasteiger partial charge in [-0.25, -0.2) is 9.18 Å². The first-order chi connectivity index (χ1) is 9.86. The number of carbonyl (C=O) groups excluding carboxylic acids is 1. The third-order valence-electron chi connectivity index (χ3n) is 3.19. The van der Waals surface area contributed by atoms with E-state index in [9.17, 15) is 14.0 Å². The fourth-order valence-corrected chi connectivity index (χ4v) is 2.43. The third-order valence-corrected chi connectivity index (χ3v) is 4.38. The van der Waals surface area contributed by atoms with Gasteiger partial charge in [-0.1, -0.05) is 0 Å². The summed E-state index contributed by atoms with van der Waals surface area (Å²) in [5, 5.41) is 8.91. The summed E-state index contributed by atoms with van der Waals surface area (Å²) < 4.78 is 21.7. The van der Waals surface area contributed by atoms with E-state index in [0.717, 1.165) is 25.0 Å². The molecule has 1 aliphatic rings. The zero-order chi connectivity index (χ0) is 15.6. The number of rotatable bonds is 6. The summed E-state index contributed by atoms with van der Waals surface area (Å²) in [6.45, 7) is 3.97. The molecule has 7 heteroatoms. The van der Waals surface area contributed by atoms with Crippen molar-refractivity contribution < 1.29 is 23.8 Å². The van der Waals surface area contributed by atoms with E-state index in [2.05, 4.69) is 4.72 Å². The van der Waals surface area contributed by atoms with Crippen LogP contribution in [0.2, 0.25) is 0 Å². The molecule has 2 rings (SSSR count). The van der Waals surface area contributed by atoms with E-state index in [4.69, 9.17) is 9.84 Å². The minimum Gasteiger partial charge on any atom is -0.493 e. The molecule has 21 heavy (non-hydrogen) atoms. The van der Waals surface area contributed by atoms with E-state index in [-0.39, 0.29) is 22.7 Å². The van der Waals surface area contributed by atoms with E-state index in [1.54, 1.807) is 6.92 Å². The minimum atomic E-state index is -1.40. The van der Waals surface area contributed by atoms with Crippen molar-refractivity contribution in [2.24, 2.45) is 0 Å². The first kappa shape index (κ1) is 15.6. The van der Waals surface area contributed by atoms with Crippen LogP contribution >= 0.6 is 11.9 Å². The lowest BCUT2D eigenvalue weighted by Gasteiger charge is -2.13. The number of nitrogens with one attached hydrogen (secondary N) is 1. The summed E-state index contributed by atoms with van der Waals surface area (Å²) >= 11 is 1.30. The van der Waals surface area contributed by atoms with Crippen molar-refractivity contribution in [2.75, 3.05) is 6.61 Å². The van der Waals surface area contributed by atoms with Crippen LogP contribution in [0.5, 0.6) is 5.75 Å². The number of amides is 1. The fourth-order valence-electron chi connectivity index (χ4n) is 1.67. The molecule has 0 spiro atoms. The summed E-state index contributed by atoms with van der Waals surface area (Å²) in [5.74, 6) is -2.79. The SMILES string of the molecule is CCOc1cc(C(=O)O)c(F)cc1C(=O)NSC1(C)CC1. The Labute approximate surface area is 126 Å². The van der Waals surface area contributed by atoms with Crippen molar-refractivity contribution in [1.29, 1.82) is 0 Å². The predicted octanol–water partition coefficient (Wildman–Crippen LogP) is 2.85. The monoisotopic (exact) mass is 313 g/mol.